The minimum Gasteiger partial charge on any atom is -0.495 e. The maximum atomic E-state index is 12.2. The Morgan fingerprint density at radius 2 is 2.04 bits per heavy atom. The van der Waals surface area contributed by atoms with Crippen molar-refractivity contribution in [3.8, 4) is 11.8 Å². The predicted octanol–water partition coefficient (Wildman–Crippen LogP) is 3.79. The van der Waals surface area contributed by atoms with Crippen LogP contribution in [0.5, 0.6) is 5.75 Å². The summed E-state index contributed by atoms with van der Waals surface area (Å²) in [6, 6.07) is 14.8. The molecule has 0 fully saturated rings. The molecule has 1 amide bonds. The Kier molecular flexibility index (Phi) is 6.44. The van der Waals surface area contributed by atoms with E-state index >= 15 is 0 Å². The zero-order valence-electron chi connectivity index (χ0n) is 14.0. The van der Waals surface area contributed by atoms with E-state index < -0.39 is 5.91 Å². The van der Waals surface area contributed by atoms with Gasteiger partial charge in [-0.05, 0) is 24.1 Å². The van der Waals surface area contributed by atoms with Gasteiger partial charge in [0.25, 0.3) is 5.91 Å². The normalized spacial score (nSPS) is 10.7. The number of rotatable bonds is 6. The van der Waals surface area contributed by atoms with Gasteiger partial charge >= 0.3 is 0 Å². The molecule has 2 aromatic rings. The number of hydrogen-bond donors (Lipinski definition) is 2. The highest BCUT2D eigenvalue weighted by Gasteiger charge is 2.10. The van der Waals surface area contributed by atoms with Crippen LogP contribution < -0.4 is 15.4 Å². The highest BCUT2D eigenvalue weighted by molar-refractivity contribution is 6.31. The fourth-order valence-electron chi connectivity index (χ4n) is 2.12. The van der Waals surface area contributed by atoms with Crippen LogP contribution >= 0.6 is 11.6 Å². The van der Waals surface area contributed by atoms with Crippen LogP contribution in [0, 0.1) is 18.3 Å². The summed E-state index contributed by atoms with van der Waals surface area (Å²) in [6.45, 7) is 2.20. The first kappa shape index (κ1) is 18.4. The number of nitrogens with zero attached hydrogens (tertiary/aromatic N) is 1. The summed E-state index contributed by atoms with van der Waals surface area (Å²) in [5.41, 5.74) is 2.39. The van der Waals surface area contributed by atoms with Crippen LogP contribution in [0.3, 0.4) is 0 Å². The van der Waals surface area contributed by atoms with Crippen molar-refractivity contribution in [2.24, 2.45) is 0 Å². The topological polar surface area (TPSA) is 74.1 Å². The van der Waals surface area contributed by atoms with E-state index in [0.29, 0.717) is 23.0 Å². The zero-order chi connectivity index (χ0) is 18.2. The minimum atomic E-state index is -0.455. The van der Waals surface area contributed by atoms with Crippen LogP contribution in [0.15, 0.2) is 54.2 Å². The lowest BCUT2D eigenvalue weighted by atomic mass is 10.2. The molecule has 0 bridgehead atoms. The number of amides is 1. The number of aryl methyl sites for hydroxylation is 1. The Balaban J connectivity index is 2.09. The molecule has 6 heteroatoms. The molecule has 2 N–H and O–H groups in total. The molecule has 0 aromatic heterocycles. The van der Waals surface area contributed by atoms with Crippen molar-refractivity contribution in [3.05, 3.63) is 70.4 Å². The Morgan fingerprint density at radius 1 is 1.32 bits per heavy atom. The first-order valence-corrected chi connectivity index (χ1v) is 7.96. The lowest BCUT2D eigenvalue weighted by Gasteiger charge is -2.11. The number of anilines is 1. The maximum Gasteiger partial charge on any atom is 0.263 e. The van der Waals surface area contributed by atoms with Crippen LogP contribution in [0.1, 0.15) is 11.1 Å². The Labute approximate surface area is 151 Å². The number of halogens is 1. The Hall–Kier alpha value is -2.97. The molecule has 0 saturated heterocycles. The molecule has 2 aromatic carbocycles. The van der Waals surface area contributed by atoms with Gasteiger partial charge in [-0.1, -0.05) is 41.9 Å². The molecule has 0 aliphatic rings. The van der Waals surface area contributed by atoms with Crippen molar-refractivity contribution >= 4 is 23.2 Å². The molecule has 0 unspecified atom stereocenters. The third-order valence-electron chi connectivity index (χ3n) is 3.51. The third kappa shape index (κ3) is 5.00. The third-order valence-corrected chi connectivity index (χ3v) is 3.92. The van der Waals surface area contributed by atoms with Crippen LogP contribution in [0.25, 0.3) is 0 Å². The van der Waals surface area contributed by atoms with E-state index in [4.69, 9.17) is 16.3 Å². The molecule has 0 spiro atoms. The summed E-state index contributed by atoms with van der Waals surface area (Å²) >= 11 is 6.06. The fourth-order valence-corrected chi connectivity index (χ4v) is 2.27. The zero-order valence-corrected chi connectivity index (χ0v) is 14.7. The monoisotopic (exact) mass is 355 g/mol. The van der Waals surface area contributed by atoms with Gasteiger partial charge in [-0.25, -0.2) is 0 Å². The van der Waals surface area contributed by atoms with Crippen molar-refractivity contribution in [1.82, 2.24) is 5.32 Å². The lowest BCUT2D eigenvalue weighted by molar-refractivity contribution is -0.117. The van der Waals surface area contributed by atoms with E-state index in [9.17, 15) is 10.1 Å². The number of nitrogens with one attached hydrogen (secondary N) is 2. The van der Waals surface area contributed by atoms with E-state index in [1.807, 2.05) is 43.3 Å². The van der Waals surface area contributed by atoms with Gasteiger partial charge < -0.3 is 15.4 Å². The van der Waals surface area contributed by atoms with Crippen molar-refractivity contribution in [2.45, 2.75) is 13.5 Å². The minimum absolute atomic E-state index is 0.0365. The van der Waals surface area contributed by atoms with Gasteiger partial charge in [-0.2, -0.15) is 5.26 Å². The van der Waals surface area contributed by atoms with Crippen LogP contribution in [0.4, 0.5) is 5.69 Å². The molecule has 0 aliphatic carbocycles. The number of nitriles is 1. The Morgan fingerprint density at radius 3 is 2.68 bits per heavy atom. The molecular formula is C19H18ClN3O2. The number of benzene rings is 2. The van der Waals surface area contributed by atoms with E-state index in [0.717, 1.165) is 11.1 Å². The van der Waals surface area contributed by atoms with Crippen LogP contribution in [0.2, 0.25) is 5.02 Å². The number of methoxy groups -OCH3 is 1. The van der Waals surface area contributed by atoms with Gasteiger partial charge in [-0.15, -0.1) is 0 Å². The average molecular weight is 356 g/mol. The molecule has 0 saturated carbocycles. The van der Waals surface area contributed by atoms with Gasteiger partial charge in [0, 0.05) is 23.8 Å². The van der Waals surface area contributed by atoms with Crippen LogP contribution in [-0.2, 0) is 11.3 Å². The molecule has 25 heavy (non-hydrogen) atoms. The SMILES string of the molecule is COc1cc(Cl)c(C)cc1N/C=C(/C#N)C(=O)NCc1ccccc1. The van der Waals surface area contributed by atoms with E-state index in [1.165, 1.54) is 13.3 Å². The van der Waals surface area contributed by atoms with E-state index in [-0.39, 0.29) is 5.57 Å². The second-order valence-electron chi connectivity index (χ2n) is 5.28. The van der Waals surface area contributed by atoms with Crippen molar-refractivity contribution in [3.63, 3.8) is 0 Å². The quantitative estimate of drug-likeness (QED) is 0.610. The van der Waals surface area contributed by atoms with Crippen molar-refractivity contribution in [1.29, 1.82) is 5.26 Å². The van der Waals surface area contributed by atoms with Gasteiger partial charge in [0.15, 0.2) is 0 Å². The molecule has 5 nitrogen and oxygen atoms in total. The first-order valence-electron chi connectivity index (χ1n) is 7.58. The van der Waals surface area contributed by atoms with E-state index in [2.05, 4.69) is 10.6 Å². The van der Waals surface area contributed by atoms with Gasteiger partial charge in [0.1, 0.15) is 17.4 Å². The predicted molar refractivity (Wildman–Crippen MR) is 98.3 cm³/mol. The number of hydrogen-bond acceptors (Lipinski definition) is 4. The maximum absolute atomic E-state index is 12.2. The van der Waals surface area contributed by atoms with Crippen LogP contribution in [-0.4, -0.2) is 13.0 Å². The second kappa shape index (κ2) is 8.76. The molecule has 0 atom stereocenters. The smallest absolute Gasteiger partial charge is 0.263 e. The molecule has 2 rings (SSSR count). The summed E-state index contributed by atoms with van der Waals surface area (Å²) in [4.78, 5) is 12.2. The number of carbonyl (C=O) groups is 1. The summed E-state index contributed by atoms with van der Waals surface area (Å²) in [6.07, 6.45) is 1.35. The highest BCUT2D eigenvalue weighted by atomic mass is 35.5. The molecule has 128 valence electrons. The average Bonchev–Trinajstić information content (AvgIpc) is 2.63. The summed E-state index contributed by atoms with van der Waals surface area (Å²) in [7, 11) is 1.52. The second-order valence-corrected chi connectivity index (χ2v) is 5.69. The largest absolute Gasteiger partial charge is 0.495 e. The first-order chi connectivity index (χ1) is 12.0. The summed E-state index contributed by atoms with van der Waals surface area (Å²) in [5.74, 6) is 0.0670. The molecule has 0 heterocycles. The molecule has 0 radical (unpaired) electrons. The van der Waals surface area contributed by atoms with Gasteiger partial charge in [0.2, 0.25) is 0 Å². The summed E-state index contributed by atoms with van der Waals surface area (Å²) < 4.78 is 5.25. The van der Waals surface area contributed by atoms with Gasteiger partial charge in [-0.3, -0.25) is 4.79 Å². The molecule has 0 aliphatic heterocycles. The van der Waals surface area contributed by atoms with E-state index in [1.54, 1.807) is 12.1 Å². The molecular weight excluding hydrogens is 338 g/mol. The van der Waals surface area contributed by atoms with Gasteiger partial charge in [0.05, 0.1) is 12.8 Å². The highest BCUT2D eigenvalue weighted by Crippen LogP contribution is 2.31. The standard InChI is InChI=1S/C19H18ClN3O2/c1-13-8-17(18(25-2)9-16(13)20)22-12-15(10-21)19(24)23-11-14-6-4-3-5-7-14/h3-9,12,22H,11H2,1-2H3,(H,23,24)/b15-12-. The van der Waals surface area contributed by atoms with Crippen molar-refractivity contribution in [2.75, 3.05) is 12.4 Å². The number of ether oxygens (including phenoxy) is 1. The van der Waals surface area contributed by atoms with Crippen molar-refractivity contribution < 1.29 is 9.53 Å². The lowest BCUT2D eigenvalue weighted by Crippen LogP contribution is -2.24. The fraction of sp³-hybridized carbons (Fsp3) is 0.158. The number of carbonyl (C=O) groups excluding carboxylic acids is 1. The Bertz CT molecular complexity index is 827. The summed E-state index contributed by atoms with van der Waals surface area (Å²) in [5, 5.41) is 15.4.